The van der Waals surface area contributed by atoms with Crippen LogP contribution in [0.1, 0.15) is 11.1 Å². The lowest BCUT2D eigenvalue weighted by Crippen LogP contribution is -1.97. The van der Waals surface area contributed by atoms with Gasteiger partial charge in [-0.05, 0) is 42.8 Å². The van der Waals surface area contributed by atoms with Crippen LogP contribution in [0.15, 0.2) is 40.9 Å². The molecule has 0 atom stereocenters. The Kier molecular flexibility index (Phi) is 4.08. The van der Waals surface area contributed by atoms with E-state index in [0.29, 0.717) is 5.56 Å². The van der Waals surface area contributed by atoms with Crippen molar-refractivity contribution in [1.29, 1.82) is 5.26 Å². The van der Waals surface area contributed by atoms with Crippen LogP contribution in [0.3, 0.4) is 0 Å². The number of aryl methyl sites for hydroxylation is 1. The highest BCUT2D eigenvalue weighted by Gasteiger charge is 2.07. The van der Waals surface area contributed by atoms with Crippen molar-refractivity contribution in [2.45, 2.75) is 6.92 Å². The molecule has 2 aromatic rings. The molecule has 0 aliphatic carbocycles. The molecule has 0 saturated carbocycles. The van der Waals surface area contributed by atoms with Crippen molar-refractivity contribution in [3.63, 3.8) is 0 Å². The monoisotopic (exact) mass is 316 g/mol. The van der Waals surface area contributed by atoms with Gasteiger partial charge in [-0.15, -0.1) is 0 Å². The first-order valence-electron chi connectivity index (χ1n) is 5.75. The minimum Gasteiger partial charge on any atom is -0.495 e. The fraction of sp³-hybridized carbons (Fsp3) is 0.133. The van der Waals surface area contributed by atoms with Gasteiger partial charge in [-0.2, -0.15) is 5.26 Å². The Morgan fingerprint density at radius 2 is 1.95 bits per heavy atom. The minimum absolute atomic E-state index is 0.613. The summed E-state index contributed by atoms with van der Waals surface area (Å²) in [5.74, 6) is 0.729. The van der Waals surface area contributed by atoms with Crippen molar-refractivity contribution in [2.75, 3.05) is 12.4 Å². The summed E-state index contributed by atoms with van der Waals surface area (Å²) in [6, 6.07) is 13.6. The van der Waals surface area contributed by atoms with E-state index in [1.165, 1.54) is 0 Å². The molecule has 1 N–H and O–H groups in total. The van der Waals surface area contributed by atoms with Crippen LogP contribution in [0.2, 0.25) is 0 Å². The molecule has 0 saturated heterocycles. The Bertz CT molecular complexity index is 647. The molecule has 0 radical (unpaired) electrons. The number of benzene rings is 2. The average molecular weight is 317 g/mol. The zero-order valence-corrected chi connectivity index (χ0v) is 12.3. The molecular weight excluding hydrogens is 304 g/mol. The maximum absolute atomic E-state index is 9.17. The minimum atomic E-state index is 0.613. The lowest BCUT2D eigenvalue weighted by molar-refractivity contribution is 0.417. The first-order chi connectivity index (χ1) is 9.13. The number of nitrogens with one attached hydrogen (secondary N) is 1. The molecule has 0 spiro atoms. The molecule has 4 heteroatoms. The van der Waals surface area contributed by atoms with Crippen LogP contribution in [0, 0.1) is 18.3 Å². The number of halogens is 1. The van der Waals surface area contributed by atoms with E-state index in [9.17, 15) is 5.26 Å². The zero-order chi connectivity index (χ0) is 13.8. The fourth-order valence-electron chi connectivity index (χ4n) is 1.78. The summed E-state index contributed by atoms with van der Waals surface area (Å²) in [5.41, 5.74) is 3.26. The normalized spacial score (nSPS) is 9.79. The first-order valence-corrected chi connectivity index (χ1v) is 6.54. The van der Waals surface area contributed by atoms with E-state index in [-0.39, 0.29) is 0 Å². The Labute approximate surface area is 121 Å². The van der Waals surface area contributed by atoms with E-state index in [1.54, 1.807) is 7.11 Å². The molecule has 96 valence electrons. The van der Waals surface area contributed by atoms with Crippen molar-refractivity contribution in [3.8, 4) is 11.8 Å². The van der Waals surface area contributed by atoms with Crippen LogP contribution in [-0.2, 0) is 0 Å². The summed E-state index contributed by atoms with van der Waals surface area (Å²) < 4.78 is 6.25. The van der Waals surface area contributed by atoms with Gasteiger partial charge in [-0.3, -0.25) is 0 Å². The van der Waals surface area contributed by atoms with Crippen LogP contribution in [0.5, 0.6) is 5.75 Å². The van der Waals surface area contributed by atoms with Crippen LogP contribution >= 0.6 is 15.9 Å². The summed E-state index contributed by atoms with van der Waals surface area (Å²) in [6.07, 6.45) is 0. The number of nitrogens with zero attached hydrogens (tertiary/aromatic N) is 1. The summed E-state index contributed by atoms with van der Waals surface area (Å²) in [6.45, 7) is 1.96. The molecule has 0 unspecified atom stereocenters. The van der Waals surface area contributed by atoms with Gasteiger partial charge in [-0.1, -0.05) is 22.0 Å². The first kappa shape index (κ1) is 13.4. The maximum Gasteiger partial charge on any atom is 0.142 e. The van der Waals surface area contributed by atoms with Gasteiger partial charge < -0.3 is 10.1 Å². The van der Waals surface area contributed by atoms with E-state index in [4.69, 9.17) is 4.74 Å². The summed E-state index contributed by atoms with van der Waals surface area (Å²) >= 11 is 3.43. The van der Waals surface area contributed by atoms with Crippen molar-refractivity contribution in [3.05, 3.63) is 52.0 Å². The van der Waals surface area contributed by atoms with Gasteiger partial charge in [0.2, 0.25) is 0 Å². The third kappa shape index (κ3) is 3.07. The van der Waals surface area contributed by atoms with E-state index < -0.39 is 0 Å². The summed E-state index contributed by atoms with van der Waals surface area (Å²) in [7, 11) is 1.62. The Hall–Kier alpha value is -1.99. The number of nitriles is 1. The lowest BCUT2D eigenvalue weighted by atomic mass is 10.1. The number of rotatable bonds is 3. The number of anilines is 2. The Morgan fingerprint density at radius 1 is 1.16 bits per heavy atom. The number of methoxy groups -OCH3 is 1. The van der Waals surface area contributed by atoms with Gasteiger partial charge in [0, 0.05) is 4.47 Å². The zero-order valence-electron chi connectivity index (χ0n) is 10.7. The van der Waals surface area contributed by atoms with Crippen molar-refractivity contribution in [2.24, 2.45) is 0 Å². The second-order valence-electron chi connectivity index (χ2n) is 4.13. The molecule has 0 amide bonds. The van der Waals surface area contributed by atoms with Gasteiger partial charge in [-0.25, -0.2) is 0 Å². The van der Waals surface area contributed by atoms with E-state index in [2.05, 4.69) is 27.3 Å². The van der Waals surface area contributed by atoms with Crippen LogP contribution in [0.25, 0.3) is 0 Å². The molecule has 0 aliphatic rings. The number of hydrogen-bond donors (Lipinski definition) is 1. The maximum atomic E-state index is 9.17. The Morgan fingerprint density at radius 3 is 2.63 bits per heavy atom. The quantitative estimate of drug-likeness (QED) is 0.913. The molecule has 0 fully saturated rings. The largest absolute Gasteiger partial charge is 0.495 e. The van der Waals surface area contributed by atoms with Gasteiger partial charge in [0.25, 0.3) is 0 Å². The fourth-order valence-corrected chi connectivity index (χ4v) is 2.14. The molecule has 0 heterocycles. The number of hydrogen-bond acceptors (Lipinski definition) is 3. The highest BCUT2D eigenvalue weighted by Crippen LogP contribution is 2.31. The van der Waals surface area contributed by atoms with E-state index >= 15 is 0 Å². The standard InChI is InChI=1S/C15H13BrN2O/c1-10-3-5-13(11(7-10)9-17)18-14-8-12(16)4-6-15(14)19-2/h3-8,18H,1-2H3. The number of ether oxygens (including phenoxy) is 1. The van der Waals surface area contributed by atoms with Gasteiger partial charge in [0.05, 0.1) is 24.0 Å². The second-order valence-corrected chi connectivity index (χ2v) is 5.05. The summed E-state index contributed by atoms with van der Waals surface area (Å²) in [5, 5.41) is 12.4. The molecule has 0 bridgehead atoms. The predicted octanol–water partition coefficient (Wildman–Crippen LogP) is 4.38. The lowest BCUT2D eigenvalue weighted by Gasteiger charge is -2.13. The van der Waals surface area contributed by atoms with E-state index in [1.807, 2.05) is 43.3 Å². The van der Waals surface area contributed by atoms with Gasteiger partial charge >= 0.3 is 0 Å². The third-order valence-electron chi connectivity index (χ3n) is 2.73. The topological polar surface area (TPSA) is 45.0 Å². The third-order valence-corrected chi connectivity index (χ3v) is 3.22. The highest BCUT2D eigenvalue weighted by molar-refractivity contribution is 9.10. The van der Waals surface area contributed by atoms with E-state index in [0.717, 1.165) is 27.2 Å². The smallest absolute Gasteiger partial charge is 0.142 e. The average Bonchev–Trinajstić information content (AvgIpc) is 2.41. The SMILES string of the molecule is COc1ccc(Br)cc1Nc1ccc(C)cc1C#N. The van der Waals surface area contributed by atoms with Gasteiger partial charge in [0.15, 0.2) is 0 Å². The molecule has 2 rings (SSSR count). The van der Waals surface area contributed by atoms with Crippen LogP contribution in [0.4, 0.5) is 11.4 Å². The summed E-state index contributed by atoms with van der Waals surface area (Å²) in [4.78, 5) is 0. The molecule has 19 heavy (non-hydrogen) atoms. The molecule has 0 aromatic heterocycles. The Balaban J connectivity index is 2.41. The molecule has 3 nitrogen and oxygen atoms in total. The molecule has 2 aromatic carbocycles. The molecular formula is C15H13BrN2O. The van der Waals surface area contributed by atoms with Gasteiger partial charge in [0.1, 0.15) is 11.8 Å². The van der Waals surface area contributed by atoms with Crippen molar-refractivity contribution >= 4 is 27.3 Å². The predicted molar refractivity (Wildman–Crippen MR) is 79.9 cm³/mol. The van der Waals surface area contributed by atoms with Crippen molar-refractivity contribution < 1.29 is 4.74 Å². The second kappa shape index (κ2) is 5.77. The highest BCUT2D eigenvalue weighted by atomic mass is 79.9. The van der Waals surface area contributed by atoms with Crippen LogP contribution < -0.4 is 10.1 Å². The van der Waals surface area contributed by atoms with Crippen molar-refractivity contribution in [1.82, 2.24) is 0 Å². The van der Waals surface area contributed by atoms with Crippen LogP contribution in [-0.4, -0.2) is 7.11 Å². The molecule has 0 aliphatic heterocycles.